The van der Waals surface area contributed by atoms with Crippen LogP contribution in [0.1, 0.15) is 46.5 Å². The first kappa shape index (κ1) is 18.1. The van der Waals surface area contributed by atoms with Crippen LogP contribution >= 0.6 is 24.2 Å². The normalized spacial score (nSPS) is 26.1. The standard InChI is InChI=1S/C13H26N2OS.ClH/c1-13(2,3)11(14)12(16)15-9-6-5-7-10(8-9)17-4;/h9-11H,5-8,14H2,1-4H3,(H,15,16);1H/t9?,10?,11-;/m1./s1. The second-order valence-corrected chi connectivity index (χ2v) is 7.21. The molecule has 3 atom stereocenters. The summed E-state index contributed by atoms with van der Waals surface area (Å²) in [4.78, 5) is 12.0. The van der Waals surface area contributed by atoms with Crippen LogP contribution in [0.2, 0.25) is 0 Å². The molecular formula is C13H27ClN2OS. The zero-order valence-electron chi connectivity index (χ0n) is 11.9. The number of hydrogen-bond acceptors (Lipinski definition) is 3. The van der Waals surface area contributed by atoms with Crippen LogP contribution in [0, 0.1) is 5.41 Å². The molecule has 1 rings (SSSR count). The number of rotatable bonds is 3. The molecule has 2 unspecified atom stereocenters. The number of hydrogen-bond donors (Lipinski definition) is 2. The van der Waals surface area contributed by atoms with E-state index in [1.807, 2.05) is 32.5 Å². The van der Waals surface area contributed by atoms with Gasteiger partial charge in [-0.15, -0.1) is 12.4 Å². The number of nitrogens with two attached hydrogens (primary N) is 1. The molecule has 1 fully saturated rings. The van der Waals surface area contributed by atoms with Crippen molar-refractivity contribution < 1.29 is 4.79 Å². The predicted octanol–water partition coefficient (Wildman–Crippen LogP) is 2.57. The highest BCUT2D eigenvalue weighted by atomic mass is 35.5. The Kier molecular flexibility index (Phi) is 7.64. The summed E-state index contributed by atoms with van der Waals surface area (Å²) in [7, 11) is 0. The summed E-state index contributed by atoms with van der Waals surface area (Å²) in [6.45, 7) is 6.01. The van der Waals surface area contributed by atoms with E-state index in [2.05, 4.69) is 11.6 Å². The summed E-state index contributed by atoms with van der Waals surface area (Å²) < 4.78 is 0. The molecule has 0 bridgehead atoms. The van der Waals surface area contributed by atoms with Crippen molar-refractivity contribution in [2.75, 3.05) is 6.26 Å². The molecule has 3 nitrogen and oxygen atoms in total. The Bertz CT molecular complexity index is 268. The van der Waals surface area contributed by atoms with Gasteiger partial charge in [0, 0.05) is 11.3 Å². The Balaban J connectivity index is 0.00000289. The minimum atomic E-state index is -0.419. The van der Waals surface area contributed by atoms with Crippen molar-refractivity contribution in [3.05, 3.63) is 0 Å². The van der Waals surface area contributed by atoms with E-state index in [4.69, 9.17) is 5.73 Å². The van der Waals surface area contributed by atoms with Crippen LogP contribution in [0.5, 0.6) is 0 Å². The van der Waals surface area contributed by atoms with Gasteiger partial charge in [0.1, 0.15) is 0 Å². The number of amides is 1. The largest absolute Gasteiger partial charge is 0.352 e. The molecule has 0 saturated heterocycles. The second kappa shape index (κ2) is 7.61. The molecular weight excluding hydrogens is 268 g/mol. The van der Waals surface area contributed by atoms with E-state index < -0.39 is 6.04 Å². The minimum absolute atomic E-state index is 0. The van der Waals surface area contributed by atoms with Gasteiger partial charge in [0.2, 0.25) is 5.91 Å². The zero-order chi connectivity index (χ0) is 13.1. The summed E-state index contributed by atoms with van der Waals surface area (Å²) in [5.74, 6) is 0.00394. The van der Waals surface area contributed by atoms with E-state index in [0.29, 0.717) is 11.3 Å². The lowest BCUT2D eigenvalue weighted by Gasteiger charge is -2.32. The summed E-state index contributed by atoms with van der Waals surface area (Å²) in [5.41, 5.74) is 5.79. The van der Waals surface area contributed by atoms with Gasteiger partial charge in [0.15, 0.2) is 0 Å². The minimum Gasteiger partial charge on any atom is -0.352 e. The summed E-state index contributed by atoms with van der Waals surface area (Å²) in [6, 6.07) is -0.0979. The molecule has 0 radical (unpaired) electrons. The molecule has 18 heavy (non-hydrogen) atoms. The Morgan fingerprint density at radius 1 is 1.39 bits per heavy atom. The Hall–Kier alpha value is 0.0700. The monoisotopic (exact) mass is 294 g/mol. The van der Waals surface area contributed by atoms with Gasteiger partial charge in [-0.05, 0) is 30.9 Å². The van der Waals surface area contributed by atoms with Gasteiger partial charge in [-0.3, -0.25) is 4.79 Å². The van der Waals surface area contributed by atoms with Gasteiger partial charge >= 0.3 is 0 Å². The highest BCUT2D eigenvalue weighted by molar-refractivity contribution is 7.99. The molecule has 0 aliphatic heterocycles. The molecule has 0 aromatic rings. The number of thioether (sulfide) groups is 1. The topological polar surface area (TPSA) is 55.1 Å². The predicted molar refractivity (Wildman–Crippen MR) is 82.4 cm³/mol. The average molecular weight is 295 g/mol. The maximum Gasteiger partial charge on any atom is 0.237 e. The van der Waals surface area contributed by atoms with Crippen LogP contribution in [0.25, 0.3) is 0 Å². The van der Waals surface area contributed by atoms with Gasteiger partial charge in [-0.1, -0.05) is 27.2 Å². The Labute approximate surface area is 121 Å². The van der Waals surface area contributed by atoms with Crippen LogP contribution < -0.4 is 11.1 Å². The molecule has 1 aliphatic carbocycles. The van der Waals surface area contributed by atoms with Gasteiger partial charge in [-0.25, -0.2) is 0 Å². The smallest absolute Gasteiger partial charge is 0.237 e. The van der Waals surface area contributed by atoms with Crippen LogP contribution in [0.15, 0.2) is 0 Å². The molecule has 3 N–H and O–H groups in total. The molecule has 0 spiro atoms. The van der Waals surface area contributed by atoms with E-state index in [1.165, 1.54) is 12.8 Å². The lowest BCUT2D eigenvalue weighted by Crippen LogP contribution is -2.52. The summed E-state index contributed by atoms with van der Waals surface area (Å²) >= 11 is 1.91. The number of carbonyl (C=O) groups excluding carboxylic acids is 1. The zero-order valence-corrected chi connectivity index (χ0v) is 13.5. The summed E-state index contributed by atoms with van der Waals surface area (Å²) in [5, 5.41) is 3.81. The fourth-order valence-electron chi connectivity index (χ4n) is 2.17. The molecule has 108 valence electrons. The van der Waals surface area contributed by atoms with Gasteiger partial charge in [0.05, 0.1) is 6.04 Å². The number of halogens is 1. The van der Waals surface area contributed by atoms with Gasteiger partial charge in [-0.2, -0.15) is 11.8 Å². The van der Waals surface area contributed by atoms with Crippen molar-refractivity contribution in [3.8, 4) is 0 Å². The van der Waals surface area contributed by atoms with Crippen molar-refractivity contribution in [1.29, 1.82) is 0 Å². The van der Waals surface area contributed by atoms with E-state index in [0.717, 1.165) is 12.8 Å². The van der Waals surface area contributed by atoms with Crippen LogP contribution in [0.3, 0.4) is 0 Å². The Morgan fingerprint density at radius 3 is 2.50 bits per heavy atom. The summed E-state index contributed by atoms with van der Waals surface area (Å²) in [6.07, 6.45) is 6.82. The molecule has 0 aromatic heterocycles. The van der Waals surface area contributed by atoms with Crippen molar-refractivity contribution in [1.82, 2.24) is 5.32 Å². The third kappa shape index (κ3) is 5.37. The average Bonchev–Trinajstić information content (AvgIpc) is 2.27. The number of carbonyl (C=O) groups is 1. The first-order valence-corrected chi connectivity index (χ1v) is 7.72. The molecule has 1 aliphatic rings. The lowest BCUT2D eigenvalue weighted by atomic mass is 9.86. The van der Waals surface area contributed by atoms with Crippen LogP contribution in [0.4, 0.5) is 0 Å². The highest BCUT2D eigenvalue weighted by Crippen LogP contribution is 2.27. The second-order valence-electron chi connectivity index (χ2n) is 6.07. The van der Waals surface area contributed by atoms with E-state index in [-0.39, 0.29) is 23.7 Å². The van der Waals surface area contributed by atoms with Crippen molar-refractivity contribution in [2.45, 2.75) is 63.8 Å². The van der Waals surface area contributed by atoms with Gasteiger partial charge < -0.3 is 11.1 Å². The highest BCUT2D eigenvalue weighted by Gasteiger charge is 2.30. The molecule has 1 saturated carbocycles. The molecule has 5 heteroatoms. The first-order chi connectivity index (χ1) is 7.84. The van der Waals surface area contributed by atoms with Gasteiger partial charge in [0.25, 0.3) is 0 Å². The third-order valence-electron chi connectivity index (χ3n) is 3.52. The van der Waals surface area contributed by atoms with Crippen molar-refractivity contribution in [2.24, 2.45) is 11.1 Å². The third-order valence-corrected chi connectivity index (χ3v) is 4.62. The first-order valence-electron chi connectivity index (χ1n) is 6.43. The van der Waals surface area contributed by atoms with Crippen LogP contribution in [-0.2, 0) is 4.79 Å². The lowest BCUT2D eigenvalue weighted by molar-refractivity contribution is -0.125. The van der Waals surface area contributed by atoms with Crippen molar-refractivity contribution >= 4 is 30.1 Å². The van der Waals surface area contributed by atoms with E-state index in [1.54, 1.807) is 0 Å². The Morgan fingerprint density at radius 2 is 2.00 bits per heavy atom. The fraction of sp³-hybridized carbons (Fsp3) is 0.923. The fourth-order valence-corrected chi connectivity index (χ4v) is 3.00. The van der Waals surface area contributed by atoms with Crippen molar-refractivity contribution in [3.63, 3.8) is 0 Å². The molecule has 0 heterocycles. The van der Waals surface area contributed by atoms with Crippen LogP contribution in [-0.4, -0.2) is 29.5 Å². The molecule has 0 aromatic carbocycles. The van der Waals surface area contributed by atoms with E-state index >= 15 is 0 Å². The number of nitrogens with one attached hydrogen (secondary N) is 1. The maximum absolute atomic E-state index is 12.0. The molecule has 1 amide bonds. The quantitative estimate of drug-likeness (QED) is 0.841. The van der Waals surface area contributed by atoms with E-state index in [9.17, 15) is 4.79 Å². The maximum atomic E-state index is 12.0. The SMILES string of the molecule is CSC1CCCC(NC(=O)[C@@H](N)C(C)(C)C)C1.Cl.